The van der Waals surface area contributed by atoms with Gasteiger partial charge in [0.2, 0.25) is 0 Å². The molecule has 0 saturated heterocycles. The van der Waals surface area contributed by atoms with E-state index in [1.54, 1.807) is 6.08 Å². The Hall–Kier alpha value is -1.50. The van der Waals surface area contributed by atoms with Crippen LogP contribution in [0, 0.1) is 13.8 Å². The van der Waals surface area contributed by atoms with Crippen molar-refractivity contribution in [3.63, 3.8) is 0 Å². The summed E-state index contributed by atoms with van der Waals surface area (Å²) in [5.74, 6) is 0. The van der Waals surface area contributed by atoms with Gasteiger partial charge in [-0.15, -0.1) is 0 Å². The van der Waals surface area contributed by atoms with Gasteiger partial charge in [0.25, 0.3) is 0 Å². The summed E-state index contributed by atoms with van der Waals surface area (Å²) in [5.41, 5.74) is 10.2. The summed E-state index contributed by atoms with van der Waals surface area (Å²) >= 11 is 0. The highest BCUT2D eigenvalue weighted by Crippen LogP contribution is 2.20. The van der Waals surface area contributed by atoms with Gasteiger partial charge >= 0.3 is 0 Å². The van der Waals surface area contributed by atoms with Crippen LogP contribution in [0.3, 0.4) is 0 Å². The maximum Gasteiger partial charge on any atom is 0.0392 e. The maximum absolute atomic E-state index is 5.88. The predicted octanol–water partition coefficient (Wildman–Crippen LogP) is 3.08. The molecule has 0 aliphatic heterocycles. The molecule has 1 heteroatoms. The molecule has 0 heterocycles. The van der Waals surface area contributed by atoms with Crippen molar-refractivity contribution in [3.05, 3.63) is 47.6 Å². The van der Waals surface area contributed by atoms with E-state index in [1.165, 1.54) is 11.1 Å². The topological polar surface area (TPSA) is 26.0 Å². The summed E-state index contributed by atoms with van der Waals surface area (Å²) in [6, 6.07) is 4.11. The molecule has 68 valence electrons. The van der Waals surface area contributed by atoms with Gasteiger partial charge in [-0.2, -0.15) is 0 Å². The van der Waals surface area contributed by atoms with Crippen molar-refractivity contribution in [1.29, 1.82) is 0 Å². The molecular weight excluding hydrogens is 158 g/mol. The van der Waals surface area contributed by atoms with E-state index in [1.807, 2.05) is 25.1 Å². The first-order valence-electron chi connectivity index (χ1n) is 4.31. The van der Waals surface area contributed by atoms with Crippen LogP contribution in [-0.4, -0.2) is 0 Å². The van der Waals surface area contributed by atoms with Gasteiger partial charge in [0.15, 0.2) is 0 Å². The Morgan fingerprint density at radius 3 is 2.54 bits per heavy atom. The first kappa shape index (κ1) is 9.59. The molecule has 0 atom stereocenters. The second-order valence-corrected chi connectivity index (χ2v) is 3.18. The third kappa shape index (κ3) is 2.22. The quantitative estimate of drug-likeness (QED) is 0.539. The minimum atomic E-state index is 0.829. The van der Waals surface area contributed by atoms with Crippen LogP contribution in [0.2, 0.25) is 0 Å². The number of anilines is 1. The molecule has 0 saturated carbocycles. The standard InChI is InChI=1S/C12H15N/c1-4-5-6-11-10(3)7-9(2)8-12(11)13/h4-8H,1,13H2,2-3H3/b6-5-. The zero-order chi connectivity index (χ0) is 9.84. The molecule has 0 spiro atoms. The van der Waals surface area contributed by atoms with E-state index in [0.717, 1.165) is 11.3 Å². The van der Waals surface area contributed by atoms with Gasteiger partial charge in [-0.3, -0.25) is 0 Å². The molecule has 0 fully saturated rings. The van der Waals surface area contributed by atoms with Crippen molar-refractivity contribution in [2.24, 2.45) is 0 Å². The number of nitrogens with two attached hydrogens (primary N) is 1. The molecule has 1 nitrogen and oxygen atoms in total. The van der Waals surface area contributed by atoms with Crippen molar-refractivity contribution < 1.29 is 0 Å². The van der Waals surface area contributed by atoms with Gasteiger partial charge in [0.1, 0.15) is 0 Å². The average Bonchev–Trinajstić information content (AvgIpc) is 2.02. The highest BCUT2D eigenvalue weighted by atomic mass is 14.6. The molecule has 13 heavy (non-hydrogen) atoms. The van der Waals surface area contributed by atoms with Crippen LogP contribution in [0.15, 0.2) is 30.9 Å². The van der Waals surface area contributed by atoms with Crippen LogP contribution in [0.4, 0.5) is 5.69 Å². The predicted molar refractivity (Wildman–Crippen MR) is 59.6 cm³/mol. The Morgan fingerprint density at radius 2 is 2.00 bits per heavy atom. The second-order valence-electron chi connectivity index (χ2n) is 3.18. The third-order valence-electron chi connectivity index (χ3n) is 1.96. The van der Waals surface area contributed by atoms with E-state index in [9.17, 15) is 0 Å². The normalized spacial score (nSPS) is 10.6. The van der Waals surface area contributed by atoms with E-state index < -0.39 is 0 Å². The largest absolute Gasteiger partial charge is 0.398 e. The number of hydrogen-bond acceptors (Lipinski definition) is 1. The zero-order valence-electron chi connectivity index (χ0n) is 8.17. The summed E-state index contributed by atoms with van der Waals surface area (Å²) in [6.07, 6.45) is 5.63. The van der Waals surface area contributed by atoms with Crippen LogP contribution < -0.4 is 5.73 Å². The molecule has 1 aromatic rings. The molecule has 1 aromatic carbocycles. The third-order valence-corrected chi connectivity index (χ3v) is 1.96. The number of nitrogen functional groups attached to an aromatic ring is 1. The van der Waals surface area contributed by atoms with Crippen LogP contribution >= 0.6 is 0 Å². The van der Waals surface area contributed by atoms with Crippen molar-refractivity contribution >= 4 is 11.8 Å². The molecule has 0 amide bonds. The van der Waals surface area contributed by atoms with Gasteiger partial charge in [-0.1, -0.05) is 30.9 Å². The van der Waals surface area contributed by atoms with Gasteiger partial charge in [0.05, 0.1) is 0 Å². The highest BCUT2D eigenvalue weighted by Gasteiger charge is 1.99. The SMILES string of the molecule is C=C/C=C\c1c(C)cc(C)cc1N. The summed E-state index contributed by atoms with van der Waals surface area (Å²) in [4.78, 5) is 0. The molecule has 0 aliphatic rings. The summed E-state index contributed by atoms with van der Waals surface area (Å²) in [7, 11) is 0. The molecule has 0 radical (unpaired) electrons. The Labute approximate surface area is 79.6 Å². The lowest BCUT2D eigenvalue weighted by Gasteiger charge is -2.06. The average molecular weight is 173 g/mol. The summed E-state index contributed by atoms with van der Waals surface area (Å²) in [6.45, 7) is 7.73. The Morgan fingerprint density at radius 1 is 1.31 bits per heavy atom. The molecule has 2 N–H and O–H groups in total. The highest BCUT2D eigenvalue weighted by molar-refractivity contribution is 5.69. The Bertz CT molecular complexity index is 325. The van der Waals surface area contributed by atoms with E-state index in [0.29, 0.717) is 0 Å². The van der Waals surface area contributed by atoms with Gasteiger partial charge < -0.3 is 5.73 Å². The van der Waals surface area contributed by atoms with Crippen LogP contribution in [0.25, 0.3) is 6.08 Å². The van der Waals surface area contributed by atoms with Crippen molar-refractivity contribution in [3.8, 4) is 0 Å². The van der Waals surface area contributed by atoms with Crippen molar-refractivity contribution in [1.82, 2.24) is 0 Å². The zero-order valence-corrected chi connectivity index (χ0v) is 8.17. The van der Waals surface area contributed by atoms with Crippen LogP contribution in [0.5, 0.6) is 0 Å². The van der Waals surface area contributed by atoms with E-state index >= 15 is 0 Å². The molecule has 0 aliphatic carbocycles. The Kier molecular flexibility index (Phi) is 2.91. The lowest BCUT2D eigenvalue weighted by atomic mass is 10.0. The maximum atomic E-state index is 5.88. The molecule has 0 unspecified atom stereocenters. The van der Waals surface area contributed by atoms with Crippen molar-refractivity contribution in [2.75, 3.05) is 5.73 Å². The fourth-order valence-electron chi connectivity index (χ4n) is 1.40. The number of rotatable bonds is 2. The second kappa shape index (κ2) is 3.94. The van der Waals surface area contributed by atoms with Gasteiger partial charge in [0, 0.05) is 11.3 Å². The van der Waals surface area contributed by atoms with E-state index in [4.69, 9.17) is 5.73 Å². The minimum absolute atomic E-state index is 0.829. The van der Waals surface area contributed by atoms with Gasteiger partial charge in [-0.25, -0.2) is 0 Å². The molecule has 1 rings (SSSR count). The van der Waals surface area contributed by atoms with E-state index in [-0.39, 0.29) is 0 Å². The van der Waals surface area contributed by atoms with Crippen LogP contribution in [-0.2, 0) is 0 Å². The fourth-order valence-corrected chi connectivity index (χ4v) is 1.40. The summed E-state index contributed by atoms with van der Waals surface area (Å²) in [5, 5.41) is 0. The number of benzene rings is 1. The van der Waals surface area contributed by atoms with Gasteiger partial charge in [-0.05, 0) is 31.0 Å². The number of allylic oxidation sites excluding steroid dienone is 2. The lowest BCUT2D eigenvalue weighted by molar-refractivity contribution is 1.37. The first-order chi connectivity index (χ1) is 6.15. The molecule has 0 bridgehead atoms. The first-order valence-corrected chi connectivity index (χ1v) is 4.31. The monoisotopic (exact) mass is 173 g/mol. The Balaban J connectivity index is 3.20. The molecule has 0 aromatic heterocycles. The molecular formula is C12H15N. The number of aryl methyl sites for hydroxylation is 2. The van der Waals surface area contributed by atoms with E-state index in [2.05, 4.69) is 19.6 Å². The van der Waals surface area contributed by atoms with Crippen LogP contribution in [0.1, 0.15) is 16.7 Å². The lowest BCUT2D eigenvalue weighted by Crippen LogP contribution is -1.93. The smallest absolute Gasteiger partial charge is 0.0392 e. The minimum Gasteiger partial charge on any atom is -0.398 e. The number of hydrogen-bond donors (Lipinski definition) is 1. The van der Waals surface area contributed by atoms with Crippen molar-refractivity contribution in [2.45, 2.75) is 13.8 Å². The summed E-state index contributed by atoms with van der Waals surface area (Å²) < 4.78 is 0. The fraction of sp³-hybridized carbons (Fsp3) is 0.167.